The van der Waals surface area contributed by atoms with Crippen LogP contribution in [0.3, 0.4) is 0 Å². The lowest BCUT2D eigenvalue weighted by molar-refractivity contribution is -0.111. The molecule has 1 heteroatoms. The monoisotopic (exact) mass is 577 g/mol. The van der Waals surface area contributed by atoms with Gasteiger partial charge in [-0.1, -0.05) is 232 Å². The first kappa shape index (κ1) is 40.7. The van der Waals surface area contributed by atoms with Crippen LogP contribution in [0.2, 0.25) is 0 Å². The van der Waals surface area contributed by atoms with Crippen molar-refractivity contribution in [1.82, 2.24) is 0 Å². The normalized spacial score (nSPS) is 12.2. The van der Waals surface area contributed by atoms with E-state index in [4.69, 9.17) is 0 Å². The van der Waals surface area contributed by atoms with Crippen molar-refractivity contribution in [2.45, 2.75) is 245 Å². The summed E-state index contributed by atoms with van der Waals surface area (Å²) in [7, 11) is 0. The number of rotatable bonds is 37. The molecule has 0 N–H and O–H groups in total. The molecule has 0 bridgehead atoms. The van der Waals surface area contributed by atoms with E-state index in [1.54, 1.807) is 0 Å². The third kappa shape index (κ3) is 35.8. The Morgan fingerprint density at radius 1 is 0.293 bits per heavy atom. The van der Waals surface area contributed by atoms with Crippen LogP contribution in [-0.2, 0) is 4.79 Å². The molecule has 246 valence electrons. The van der Waals surface area contributed by atoms with Crippen LogP contribution in [0.4, 0.5) is 0 Å². The van der Waals surface area contributed by atoms with Gasteiger partial charge in [-0.3, -0.25) is 0 Å². The number of aldehydes is 1. The van der Waals surface area contributed by atoms with Gasteiger partial charge in [0.25, 0.3) is 0 Å². The molecule has 0 saturated heterocycles. The maximum Gasteiger partial charge on any atom is 0.123 e. The van der Waals surface area contributed by atoms with Gasteiger partial charge in [-0.15, -0.1) is 0 Å². The van der Waals surface area contributed by atoms with Crippen molar-refractivity contribution in [2.24, 2.45) is 5.92 Å². The van der Waals surface area contributed by atoms with E-state index in [0.29, 0.717) is 5.92 Å². The fourth-order valence-electron chi connectivity index (χ4n) is 6.54. The van der Waals surface area contributed by atoms with Crippen LogP contribution in [-0.4, -0.2) is 6.29 Å². The molecule has 0 radical (unpaired) electrons. The second kappa shape index (κ2) is 37.7. The highest BCUT2D eigenvalue weighted by atomic mass is 16.1. The molecule has 0 fully saturated rings. The first-order valence-corrected chi connectivity index (χ1v) is 19.8. The number of hydrogen-bond donors (Lipinski definition) is 0. The van der Waals surface area contributed by atoms with Crippen molar-refractivity contribution in [3.63, 3.8) is 0 Å². The van der Waals surface area contributed by atoms with E-state index in [1.807, 2.05) is 0 Å². The smallest absolute Gasteiger partial charge is 0.123 e. The SMILES string of the molecule is CCCCCCCCCCCCCCCCCCCCC(C=O)CCCCCCCCCCCCCCCCCC. The minimum Gasteiger partial charge on any atom is -0.303 e. The maximum atomic E-state index is 11.5. The van der Waals surface area contributed by atoms with Gasteiger partial charge < -0.3 is 4.79 Å². The zero-order valence-corrected chi connectivity index (χ0v) is 29.0. The van der Waals surface area contributed by atoms with E-state index in [1.165, 1.54) is 225 Å². The Bertz CT molecular complexity index is 458. The summed E-state index contributed by atoms with van der Waals surface area (Å²) in [5, 5.41) is 0. The highest BCUT2D eigenvalue weighted by Gasteiger charge is 2.07. The number of carbonyl (C=O) groups is 1. The molecule has 0 aromatic rings. The van der Waals surface area contributed by atoms with Crippen molar-refractivity contribution < 1.29 is 4.79 Å². The Labute approximate surface area is 261 Å². The lowest BCUT2D eigenvalue weighted by Gasteiger charge is -2.10. The molecule has 0 aromatic heterocycles. The summed E-state index contributed by atoms with van der Waals surface area (Å²) in [5.74, 6) is 0.336. The van der Waals surface area contributed by atoms with Crippen LogP contribution >= 0.6 is 0 Å². The van der Waals surface area contributed by atoms with Crippen molar-refractivity contribution in [3.05, 3.63) is 0 Å². The summed E-state index contributed by atoms with van der Waals surface area (Å²) in [6.07, 6.45) is 51.9. The highest BCUT2D eigenvalue weighted by molar-refractivity contribution is 5.53. The van der Waals surface area contributed by atoms with Crippen LogP contribution in [0.5, 0.6) is 0 Å². The van der Waals surface area contributed by atoms with Gasteiger partial charge in [0.05, 0.1) is 0 Å². The highest BCUT2D eigenvalue weighted by Crippen LogP contribution is 2.19. The van der Waals surface area contributed by atoms with Gasteiger partial charge in [0.1, 0.15) is 6.29 Å². The Kier molecular flexibility index (Phi) is 37.4. The van der Waals surface area contributed by atoms with Gasteiger partial charge in [-0.25, -0.2) is 0 Å². The lowest BCUT2D eigenvalue weighted by Crippen LogP contribution is -2.02. The van der Waals surface area contributed by atoms with E-state index in [-0.39, 0.29) is 0 Å². The summed E-state index contributed by atoms with van der Waals surface area (Å²) < 4.78 is 0. The van der Waals surface area contributed by atoms with Gasteiger partial charge >= 0.3 is 0 Å². The summed E-state index contributed by atoms with van der Waals surface area (Å²) >= 11 is 0. The Morgan fingerprint density at radius 3 is 0.634 bits per heavy atom. The second-order valence-corrected chi connectivity index (χ2v) is 13.8. The molecular formula is C40H80O. The van der Waals surface area contributed by atoms with Crippen LogP contribution in [0.25, 0.3) is 0 Å². The van der Waals surface area contributed by atoms with Crippen LogP contribution < -0.4 is 0 Å². The molecule has 0 heterocycles. The lowest BCUT2D eigenvalue weighted by atomic mass is 9.95. The second-order valence-electron chi connectivity index (χ2n) is 13.8. The number of carbonyl (C=O) groups excluding carboxylic acids is 1. The molecule has 0 spiro atoms. The number of unbranched alkanes of at least 4 members (excludes halogenated alkanes) is 32. The van der Waals surface area contributed by atoms with E-state index in [9.17, 15) is 4.79 Å². The van der Waals surface area contributed by atoms with E-state index < -0.39 is 0 Å². The summed E-state index contributed by atoms with van der Waals surface area (Å²) in [4.78, 5) is 11.5. The Morgan fingerprint density at radius 2 is 0.463 bits per heavy atom. The molecule has 0 aliphatic rings. The van der Waals surface area contributed by atoms with Gasteiger partial charge in [0.15, 0.2) is 0 Å². The zero-order chi connectivity index (χ0) is 29.7. The molecule has 1 nitrogen and oxygen atoms in total. The largest absolute Gasteiger partial charge is 0.303 e. The minimum atomic E-state index is 0.336. The van der Waals surface area contributed by atoms with Crippen molar-refractivity contribution in [2.75, 3.05) is 0 Å². The van der Waals surface area contributed by atoms with Gasteiger partial charge in [-0.2, -0.15) is 0 Å². The first-order valence-electron chi connectivity index (χ1n) is 19.8. The maximum absolute atomic E-state index is 11.5. The molecule has 0 rings (SSSR count). The molecular weight excluding hydrogens is 496 g/mol. The summed E-state index contributed by atoms with van der Waals surface area (Å²) in [6.45, 7) is 4.60. The Balaban J connectivity index is 3.25. The average molecular weight is 577 g/mol. The quantitative estimate of drug-likeness (QED) is 0.0531. The van der Waals surface area contributed by atoms with Gasteiger partial charge in [0, 0.05) is 5.92 Å². The minimum absolute atomic E-state index is 0.336. The standard InChI is InChI=1S/C40H80O/c1-3-5-7-9-11-13-15-17-19-21-22-24-26-28-30-32-34-36-38-40(39-41)37-35-33-31-29-27-25-23-20-18-16-14-12-10-8-6-4-2/h39-40H,3-38H2,1-2H3. The molecule has 0 aliphatic carbocycles. The van der Waals surface area contributed by atoms with Crippen molar-refractivity contribution in [3.8, 4) is 0 Å². The average Bonchev–Trinajstić information content (AvgIpc) is 2.99. The van der Waals surface area contributed by atoms with E-state index in [0.717, 1.165) is 12.8 Å². The fraction of sp³-hybridized carbons (Fsp3) is 0.975. The Hall–Kier alpha value is -0.330. The van der Waals surface area contributed by atoms with Crippen LogP contribution in [0, 0.1) is 5.92 Å². The molecule has 0 aliphatic heterocycles. The third-order valence-corrected chi connectivity index (χ3v) is 9.55. The predicted octanol–water partition coefficient (Wildman–Crippen LogP) is 14.9. The summed E-state index contributed by atoms with van der Waals surface area (Å²) in [5.41, 5.74) is 0. The van der Waals surface area contributed by atoms with Crippen LogP contribution in [0.1, 0.15) is 245 Å². The molecule has 0 amide bonds. The van der Waals surface area contributed by atoms with Crippen molar-refractivity contribution in [1.29, 1.82) is 0 Å². The predicted molar refractivity (Wildman–Crippen MR) is 187 cm³/mol. The molecule has 1 atom stereocenters. The molecule has 0 saturated carbocycles. The van der Waals surface area contributed by atoms with E-state index in [2.05, 4.69) is 13.8 Å². The molecule has 0 aromatic carbocycles. The summed E-state index contributed by atoms with van der Waals surface area (Å²) in [6, 6.07) is 0. The van der Waals surface area contributed by atoms with Crippen molar-refractivity contribution >= 4 is 6.29 Å². The molecule has 1 unspecified atom stereocenters. The first-order chi connectivity index (χ1) is 20.3. The van der Waals surface area contributed by atoms with E-state index >= 15 is 0 Å². The van der Waals surface area contributed by atoms with Gasteiger partial charge in [0.2, 0.25) is 0 Å². The number of hydrogen-bond acceptors (Lipinski definition) is 1. The van der Waals surface area contributed by atoms with Gasteiger partial charge in [-0.05, 0) is 12.8 Å². The molecule has 41 heavy (non-hydrogen) atoms. The van der Waals surface area contributed by atoms with Crippen LogP contribution in [0.15, 0.2) is 0 Å². The zero-order valence-electron chi connectivity index (χ0n) is 29.0. The topological polar surface area (TPSA) is 17.1 Å². The third-order valence-electron chi connectivity index (χ3n) is 9.55. The fourth-order valence-corrected chi connectivity index (χ4v) is 6.54.